The maximum Gasteiger partial charge on any atom is 0.221 e. The van der Waals surface area contributed by atoms with Crippen molar-refractivity contribution in [2.75, 3.05) is 20.7 Å². The normalized spacial score (nSPS) is 10.6. The van der Waals surface area contributed by atoms with E-state index in [0.29, 0.717) is 18.2 Å². The van der Waals surface area contributed by atoms with Crippen molar-refractivity contribution in [1.82, 2.24) is 15.5 Å². The highest BCUT2D eigenvalue weighted by atomic mass is 16.5. The van der Waals surface area contributed by atoms with Crippen LogP contribution in [-0.4, -0.2) is 30.9 Å². The number of para-hydroxylation sites is 1. The molecule has 0 saturated heterocycles. The molecular formula is C14H19N3O2. The lowest BCUT2D eigenvalue weighted by Gasteiger charge is -2.05. The fourth-order valence-corrected chi connectivity index (χ4v) is 1.89. The van der Waals surface area contributed by atoms with E-state index in [2.05, 4.69) is 15.5 Å². The van der Waals surface area contributed by atoms with Crippen LogP contribution in [0.15, 0.2) is 28.7 Å². The van der Waals surface area contributed by atoms with E-state index < -0.39 is 0 Å². The van der Waals surface area contributed by atoms with E-state index in [1.54, 1.807) is 7.11 Å². The number of rotatable bonds is 7. The summed E-state index contributed by atoms with van der Waals surface area (Å²) in [5.74, 6) is 2.17. The third kappa shape index (κ3) is 3.79. The lowest BCUT2D eigenvalue weighted by Crippen LogP contribution is -2.08. The molecule has 5 nitrogen and oxygen atoms in total. The van der Waals surface area contributed by atoms with E-state index in [-0.39, 0.29) is 0 Å². The maximum atomic E-state index is 5.63. The van der Waals surface area contributed by atoms with Crippen LogP contribution in [0.25, 0.3) is 0 Å². The minimum Gasteiger partial charge on any atom is -0.496 e. The summed E-state index contributed by atoms with van der Waals surface area (Å²) >= 11 is 0. The van der Waals surface area contributed by atoms with Crippen molar-refractivity contribution in [1.29, 1.82) is 0 Å². The van der Waals surface area contributed by atoms with Gasteiger partial charge in [-0.05, 0) is 26.1 Å². The van der Waals surface area contributed by atoms with E-state index in [0.717, 1.165) is 30.7 Å². The van der Waals surface area contributed by atoms with E-state index in [1.165, 1.54) is 0 Å². The molecule has 0 fully saturated rings. The number of hydrogen-bond donors (Lipinski definition) is 1. The van der Waals surface area contributed by atoms with Crippen molar-refractivity contribution in [2.45, 2.75) is 19.3 Å². The minimum atomic E-state index is 0.600. The molecule has 2 aromatic rings. The monoisotopic (exact) mass is 261 g/mol. The number of methoxy groups -OCH3 is 1. The van der Waals surface area contributed by atoms with Gasteiger partial charge in [0.25, 0.3) is 0 Å². The Bertz CT molecular complexity index is 511. The molecule has 1 aromatic carbocycles. The summed E-state index contributed by atoms with van der Waals surface area (Å²) in [6.45, 7) is 0.949. The predicted octanol–water partition coefficient (Wildman–Crippen LogP) is 1.82. The first kappa shape index (κ1) is 13.5. The molecule has 2 rings (SSSR count). The van der Waals surface area contributed by atoms with Crippen molar-refractivity contribution < 1.29 is 9.15 Å². The van der Waals surface area contributed by atoms with Crippen LogP contribution in [-0.2, 0) is 12.8 Å². The third-order valence-corrected chi connectivity index (χ3v) is 2.86. The first-order valence-corrected chi connectivity index (χ1v) is 6.41. The van der Waals surface area contributed by atoms with Gasteiger partial charge in [0.05, 0.1) is 13.5 Å². The highest BCUT2D eigenvalue weighted by molar-refractivity contribution is 5.34. The Labute approximate surface area is 113 Å². The molecule has 0 aliphatic carbocycles. The van der Waals surface area contributed by atoms with Crippen LogP contribution in [0.2, 0.25) is 0 Å². The van der Waals surface area contributed by atoms with Gasteiger partial charge in [0.2, 0.25) is 11.8 Å². The van der Waals surface area contributed by atoms with Gasteiger partial charge >= 0.3 is 0 Å². The second-order valence-electron chi connectivity index (χ2n) is 4.29. The minimum absolute atomic E-state index is 0.600. The van der Waals surface area contributed by atoms with Crippen LogP contribution < -0.4 is 10.1 Å². The summed E-state index contributed by atoms with van der Waals surface area (Å²) in [4.78, 5) is 0. The van der Waals surface area contributed by atoms with Gasteiger partial charge in [-0.3, -0.25) is 0 Å². The highest BCUT2D eigenvalue weighted by Crippen LogP contribution is 2.20. The quantitative estimate of drug-likeness (QED) is 0.770. The number of ether oxygens (including phenoxy) is 1. The summed E-state index contributed by atoms with van der Waals surface area (Å²) in [7, 11) is 3.59. The van der Waals surface area contributed by atoms with Crippen LogP contribution in [0.3, 0.4) is 0 Å². The Hall–Kier alpha value is -1.88. The third-order valence-electron chi connectivity index (χ3n) is 2.86. The summed E-state index contributed by atoms with van der Waals surface area (Å²) in [5, 5.41) is 11.2. The van der Waals surface area contributed by atoms with E-state index in [9.17, 15) is 0 Å². The Morgan fingerprint density at radius 3 is 2.79 bits per heavy atom. The molecule has 1 aromatic heterocycles. The first-order valence-electron chi connectivity index (χ1n) is 6.41. The van der Waals surface area contributed by atoms with Gasteiger partial charge in [-0.1, -0.05) is 18.2 Å². The second kappa shape index (κ2) is 6.89. The molecular weight excluding hydrogens is 242 g/mol. The summed E-state index contributed by atoms with van der Waals surface area (Å²) < 4.78 is 10.9. The predicted molar refractivity (Wildman–Crippen MR) is 72.3 cm³/mol. The molecule has 0 spiro atoms. The first-order chi connectivity index (χ1) is 9.33. The van der Waals surface area contributed by atoms with Crippen LogP contribution in [0.4, 0.5) is 0 Å². The Morgan fingerprint density at radius 1 is 1.21 bits per heavy atom. The molecule has 102 valence electrons. The molecule has 0 bridgehead atoms. The van der Waals surface area contributed by atoms with Crippen molar-refractivity contribution in [3.8, 4) is 5.75 Å². The Balaban J connectivity index is 1.99. The van der Waals surface area contributed by atoms with E-state index in [1.807, 2.05) is 31.3 Å². The van der Waals surface area contributed by atoms with Gasteiger partial charge in [-0.15, -0.1) is 10.2 Å². The van der Waals surface area contributed by atoms with Gasteiger partial charge in [0.1, 0.15) is 5.75 Å². The Kier molecular flexibility index (Phi) is 4.92. The smallest absolute Gasteiger partial charge is 0.221 e. The number of benzene rings is 1. The fraction of sp³-hybridized carbons (Fsp3) is 0.429. The number of aryl methyl sites for hydroxylation is 1. The summed E-state index contributed by atoms with van der Waals surface area (Å²) in [5.41, 5.74) is 1.05. The molecule has 19 heavy (non-hydrogen) atoms. The van der Waals surface area contributed by atoms with Crippen LogP contribution in [0.1, 0.15) is 23.8 Å². The lowest BCUT2D eigenvalue weighted by atomic mass is 10.1. The molecule has 0 atom stereocenters. The topological polar surface area (TPSA) is 60.2 Å². The highest BCUT2D eigenvalue weighted by Gasteiger charge is 2.09. The fourth-order valence-electron chi connectivity index (χ4n) is 1.89. The van der Waals surface area contributed by atoms with E-state index >= 15 is 0 Å². The van der Waals surface area contributed by atoms with Crippen molar-refractivity contribution >= 4 is 0 Å². The van der Waals surface area contributed by atoms with Crippen molar-refractivity contribution in [3.63, 3.8) is 0 Å². The summed E-state index contributed by atoms with van der Waals surface area (Å²) in [6.07, 6.45) is 2.40. The number of hydrogen-bond acceptors (Lipinski definition) is 5. The van der Waals surface area contributed by atoms with Gasteiger partial charge < -0.3 is 14.5 Å². The average Bonchev–Trinajstić information content (AvgIpc) is 2.87. The second-order valence-corrected chi connectivity index (χ2v) is 4.29. The maximum absolute atomic E-state index is 5.63. The molecule has 0 amide bonds. The van der Waals surface area contributed by atoms with Crippen LogP contribution in [0.5, 0.6) is 5.75 Å². The average molecular weight is 261 g/mol. The number of aromatic nitrogens is 2. The van der Waals surface area contributed by atoms with E-state index in [4.69, 9.17) is 9.15 Å². The molecule has 0 aliphatic rings. The van der Waals surface area contributed by atoms with Gasteiger partial charge in [-0.25, -0.2) is 0 Å². The summed E-state index contributed by atoms with van der Waals surface area (Å²) in [6, 6.07) is 7.85. The molecule has 0 aliphatic heterocycles. The van der Waals surface area contributed by atoms with Gasteiger partial charge in [-0.2, -0.15) is 0 Å². The largest absolute Gasteiger partial charge is 0.496 e. The van der Waals surface area contributed by atoms with Gasteiger partial charge in [0.15, 0.2) is 0 Å². The molecule has 1 N–H and O–H groups in total. The van der Waals surface area contributed by atoms with Crippen molar-refractivity contribution in [3.05, 3.63) is 41.6 Å². The number of nitrogens with one attached hydrogen (secondary N) is 1. The molecule has 0 unspecified atom stereocenters. The van der Waals surface area contributed by atoms with Crippen molar-refractivity contribution in [2.24, 2.45) is 0 Å². The van der Waals surface area contributed by atoms with Gasteiger partial charge in [0, 0.05) is 12.0 Å². The molecule has 1 heterocycles. The van der Waals surface area contributed by atoms with Crippen LogP contribution in [0, 0.1) is 0 Å². The Morgan fingerprint density at radius 2 is 2.00 bits per heavy atom. The zero-order valence-electron chi connectivity index (χ0n) is 11.3. The molecule has 0 saturated carbocycles. The van der Waals surface area contributed by atoms with Crippen LogP contribution >= 0.6 is 0 Å². The SMILES string of the molecule is CNCCCc1nnc(Cc2ccccc2OC)o1. The lowest BCUT2D eigenvalue weighted by molar-refractivity contribution is 0.406. The zero-order valence-corrected chi connectivity index (χ0v) is 11.3. The molecule has 0 radical (unpaired) electrons. The zero-order chi connectivity index (χ0) is 13.5. The molecule has 5 heteroatoms. The standard InChI is InChI=1S/C14H19N3O2/c1-15-9-5-8-13-16-17-14(19-13)10-11-6-3-4-7-12(11)18-2/h3-4,6-7,15H,5,8-10H2,1-2H3. The number of nitrogens with zero attached hydrogens (tertiary/aromatic N) is 2.